The highest BCUT2D eigenvalue weighted by Crippen LogP contribution is 2.42. The maximum absolute atomic E-state index is 12.5. The van der Waals surface area contributed by atoms with E-state index in [9.17, 15) is 4.79 Å². The number of amides is 1. The van der Waals surface area contributed by atoms with Crippen molar-refractivity contribution in [2.24, 2.45) is 11.3 Å². The van der Waals surface area contributed by atoms with Gasteiger partial charge in [-0.3, -0.25) is 9.78 Å². The summed E-state index contributed by atoms with van der Waals surface area (Å²) in [6, 6.07) is 0. The third kappa shape index (κ3) is 4.07. The molecule has 0 N–H and O–H groups in total. The van der Waals surface area contributed by atoms with Crippen LogP contribution in [0.2, 0.25) is 0 Å². The third-order valence-corrected chi connectivity index (χ3v) is 6.31. The largest absolute Gasteiger partial charge is 0.378 e. The molecule has 6 heteroatoms. The first kappa shape index (κ1) is 17.9. The summed E-state index contributed by atoms with van der Waals surface area (Å²) >= 11 is 0. The van der Waals surface area contributed by atoms with Gasteiger partial charge in [0.2, 0.25) is 0 Å². The van der Waals surface area contributed by atoms with Gasteiger partial charge in [-0.15, -0.1) is 0 Å². The highest BCUT2D eigenvalue weighted by molar-refractivity contribution is 5.92. The van der Waals surface area contributed by atoms with Crippen LogP contribution in [0.4, 0.5) is 0 Å². The normalized spacial score (nSPS) is 25.8. The van der Waals surface area contributed by atoms with E-state index >= 15 is 0 Å². The summed E-state index contributed by atoms with van der Waals surface area (Å²) in [4.78, 5) is 22.5. The molecule has 0 radical (unpaired) electrons. The maximum atomic E-state index is 12.5. The molecule has 26 heavy (non-hydrogen) atoms. The number of aromatic nitrogens is 2. The Morgan fingerprint density at radius 3 is 2.77 bits per heavy atom. The summed E-state index contributed by atoms with van der Waals surface area (Å²) in [5, 5.41) is 0. The van der Waals surface area contributed by atoms with Gasteiger partial charge < -0.3 is 14.4 Å². The van der Waals surface area contributed by atoms with E-state index in [1.807, 2.05) is 4.90 Å². The van der Waals surface area contributed by atoms with Crippen molar-refractivity contribution in [2.75, 3.05) is 32.9 Å². The van der Waals surface area contributed by atoms with Crippen molar-refractivity contribution in [3.63, 3.8) is 0 Å². The summed E-state index contributed by atoms with van der Waals surface area (Å²) in [6.45, 7) is 3.97. The van der Waals surface area contributed by atoms with E-state index < -0.39 is 0 Å². The van der Waals surface area contributed by atoms with Crippen molar-refractivity contribution in [3.8, 4) is 0 Å². The molecule has 1 spiro atoms. The van der Waals surface area contributed by atoms with Gasteiger partial charge in [-0.25, -0.2) is 4.98 Å². The lowest BCUT2D eigenvalue weighted by Crippen LogP contribution is -2.43. The number of piperidine rings is 1. The van der Waals surface area contributed by atoms with E-state index in [0.717, 1.165) is 58.1 Å². The fourth-order valence-electron chi connectivity index (χ4n) is 4.65. The van der Waals surface area contributed by atoms with Gasteiger partial charge in [0.25, 0.3) is 5.91 Å². The van der Waals surface area contributed by atoms with Crippen LogP contribution in [0.3, 0.4) is 0 Å². The molecule has 3 heterocycles. The number of carbonyl (C=O) groups excluding carboxylic acids is 1. The zero-order valence-electron chi connectivity index (χ0n) is 15.4. The molecule has 4 rings (SSSR count). The third-order valence-electron chi connectivity index (χ3n) is 6.31. The topological polar surface area (TPSA) is 64.6 Å². The van der Waals surface area contributed by atoms with E-state index in [1.165, 1.54) is 25.7 Å². The van der Waals surface area contributed by atoms with Crippen LogP contribution in [0.5, 0.6) is 0 Å². The minimum absolute atomic E-state index is 0.0108. The van der Waals surface area contributed by atoms with Crippen LogP contribution in [0.15, 0.2) is 18.6 Å². The quantitative estimate of drug-likeness (QED) is 0.809. The Balaban J connectivity index is 1.22. The fraction of sp³-hybridized carbons (Fsp3) is 0.750. The zero-order chi connectivity index (χ0) is 17.8. The zero-order valence-corrected chi connectivity index (χ0v) is 15.4. The van der Waals surface area contributed by atoms with Crippen LogP contribution in [-0.2, 0) is 9.47 Å². The van der Waals surface area contributed by atoms with E-state index in [4.69, 9.17) is 9.47 Å². The molecule has 142 valence electrons. The molecule has 6 nitrogen and oxygen atoms in total. The molecule has 0 bridgehead atoms. The Hall–Kier alpha value is -1.53. The molecular formula is C20H29N3O3. The smallest absolute Gasteiger partial charge is 0.274 e. The lowest BCUT2D eigenvalue weighted by molar-refractivity contribution is 0.00260. The number of hydrogen-bond acceptors (Lipinski definition) is 5. The van der Waals surface area contributed by atoms with Gasteiger partial charge in [0.05, 0.1) is 25.5 Å². The molecule has 1 aromatic rings. The second kappa shape index (κ2) is 8.01. The Bertz CT molecular complexity index is 596. The molecule has 2 aliphatic heterocycles. The van der Waals surface area contributed by atoms with Crippen molar-refractivity contribution in [3.05, 3.63) is 24.3 Å². The average Bonchev–Trinajstić information content (AvgIpc) is 3.33. The minimum atomic E-state index is -0.0108. The summed E-state index contributed by atoms with van der Waals surface area (Å²) in [7, 11) is 0. The predicted octanol–water partition coefficient (Wildman–Crippen LogP) is 2.69. The number of rotatable bonds is 5. The molecule has 0 aromatic carbocycles. The summed E-state index contributed by atoms with van der Waals surface area (Å²) in [6.07, 6.45) is 13.4. The molecule has 1 aliphatic carbocycles. The second-order valence-corrected chi connectivity index (χ2v) is 8.21. The van der Waals surface area contributed by atoms with Crippen molar-refractivity contribution in [2.45, 2.75) is 51.0 Å². The van der Waals surface area contributed by atoms with Gasteiger partial charge in [0, 0.05) is 32.1 Å². The van der Waals surface area contributed by atoms with E-state index in [0.29, 0.717) is 5.69 Å². The number of nitrogens with zero attached hydrogens (tertiary/aromatic N) is 3. The summed E-state index contributed by atoms with van der Waals surface area (Å²) in [5.41, 5.74) is 0.657. The van der Waals surface area contributed by atoms with Gasteiger partial charge >= 0.3 is 0 Å². The Morgan fingerprint density at radius 2 is 2.04 bits per heavy atom. The molecule has 1 saturated carbocycles. The number of ether oxygens (including phenoxy) is 2. The molecule has 3 fully saturated rings. The molecule has 0 unspecified atom stereocenters. The lowest BCUT2D eigenvalue weighted by atomic mass is 9.76. The van der Waals surface area contributed by atoms with E-state index in [1.54, 1.807) is 18.6 Å². The monoisotopic (exact) mass is 359 g/mol. The van der Waals surface area contributed by atoms with Crippen LogP contribution in [0, 0.1) is 11.3 Å². The van der Waals surface area contributed by atoms with Gasteiger partial charge in [-0.05, 0) is 43.4 Å². The first-order valence-electron chi connectivity index (χ1n) is 9.99. The molecule has 3 aliphatic rings. The highest BCUT2D eigenvalue weighted by Gasteiger charge is 2.43. The second-order valence-electron chi connectivity index (χ2n) is 8.21. The Kier molecular flexibility index (Phi) is 5.50. The van der Waals surface area contributed by atoms with Gasteiger partial charge in [-0.2, -0.15) is 0 Å². The standard InChI is InChI=1S/C20H29N3O3/c24-19(18-12-21-7-8-22-18)23-9-5-20(6-10-23)11-17(26-15-20)14-25-13-16-3-1-2-4-16/h7-8,12,16-17H,1-6,9-11,13-15H2/t17-/m1/s1. The van der Waals surface area contributed by atoms with Crippen LogP contribution < -0.4 is 0 Å². The molecule has 2 saturated heterocycles. The van der Waals surface area contributed by atoms with Gasteiger partial charge in [-0.1, -0.05) is 12.8 Å². The van der Waals surface area contributed by atoms with Crippen molar-refractivity contribution >= 4 is 5.91 Å². The molecule has 1 aromatic heterocycles. The first-order chi connectivity index (χ1) is 12.7. The SMILES string of the molecule is O=C(c1cnccn1)N1CCC2(CC1)CO[C@@H](COCC1CCCC1)C2. The van der Waals surface area contributed by atoms with Gasteiger partial charge in [0.1, 0.15) is 5.69 Å². The molecule has 1 amide bonds. The Labute approximate surface area is 155 Å². The summed E-state index contributed by atoms with van der Waals surface area (Å²) in [5.74, 6) is 0.754. The summed E-state index contributed by atoms with van der Waals surface area (Å²) < 4.78 is 12.0. The number of carbonyl (C=O) groups is 1. The molecule has 1 atom stereocenters. The van der Waals surface area contributed by atoms with Crippen molar-refractivity contribution in [1.82, 2.24) is 14.9 Å². The predicted molar refractivity (Wildman–Crippen MR) is 96.7 cm³/mol. The van der Waals surface area contributed by atoms with Crippen molar-refractivity contribution < 1.29 is 14.3 Å². The van der Waals surface area contributed by atoms with Crippen LogP contribution in [0.1, 0.15) is 55.4 Å². The van der Waals surface area contributed by atoms with Gasteiger partial charge in [0.15, 0.2) is 0 Å². The highest BCUT2D eigenvalue weighted by atomic mass is 16.5. The van der Waals surface area contributed by atoms with Crippen LogP contribution >= 0.6 is 0 Å². The maximum Gasteiger partial charge on any atom is 0.274 e. The van der Waals surface area contributed by atoms with Crippen LogP contribution in [-0.4, -0.2) is 59.8 Å². The van der Waals surface area contributed by atoms with E-state index in [2.05, 4.69) is 9.97 Å². The average molecular weight is 359 g/mol. The Morgan fingerprint density at radius 1 is 1.23 bits per heavy atom. The fourth-order valence-corrected chi connectivity index (χ4v) is 4.65. The number of likely N-dealkylation sites (tertiary alicyclic amines) is 1. The van der Waals surface area contributed by atoms with Crippen LogP contribution in [0.25, 0.3) is 0 Å². The van der Waals surface area contributed by atoms with Crippen molar-refractivity contribution in [1.29, 1.82) is 0 Å². The first-order valence-corrected chi connectivity index (χ1v) is 9.99. The lowest BCUT2D eigenvalue weighted by Gasteiger charge is -2.38. The van der Waals surface area contributed by atoms with E-state index in [-0.39, 0.29) is 17.4 Å². The molecular weight excluding hydrogens is 330 g/mol. The minimum Gasteiger partial charge on any atom is -0.378 e. The number of hydrogen-bond donors (Lipinski definition) is 0.